The van der Waals surface area contributed by atoms with Crippen LogP contribution in [-0.4, -0.2) is 69.1 Å². The Bertz CT molecular complexity index is 682. The SMILES string of the molecule is CN=C(NCc1ccc(OCC(F)(F)F)cc1)NCC1(N2CCCC2)CCOCC1. The van der Waals surface area contributed by atoms with E-state index in [-0.39, 0.29) is 11.3 Å². The average Bonchev–Trinajstić information content (AvgIpc) is 3.29. The molecule has 6 nitrogen and oxygen atoms in total. The quantitative estimate of drug-likeness (QED) is 0.517. The van der Waals surface area contributed by atoms with Gasteiger partial charge in [0.15, 0.2) is 12.6 Å². The van der Waals surface area contributed by atoms with Gasteiger partial charge in [-0.15, -0.1) is 0 Å². The van der Waals surface area contributed by atoms with E-state index in [0.29, 0.717) is 12.5 Å². The molecule has 3 rings (SSSR count). The lowest BCUT2D eigenvalue weighted by Gasteiger charge is -2.45. The van der Waals surface area contributed by atoms with E-state index in [2.05, 4.69) is 20.5 Å². The fraction of sp³-hybridized carbons (Fsp3) is 0.667. The van der Waals surface area contributed by atoms with Crippen LogP contribution in [0.1, 0.15) is 31.2 Å². The van der Waals surface area contributed by atoms with Crippen LogP contribution in [0.4, 0.5) is 13.2 Å². The lowest BCUT2D eigenvalue weighted by molar-refractivity contribution is -0.153. The van der Waals surface area contributed by atoms with Crippen LogP contribution in [0.25, 0.3) is 0 Å². The van der Waals surface area contributed by atoms with Crippen molar-refractivity contribution in [1.82, 2.24) is 15.5 Å². The molecule has 2 aliphatic heterocycles. The molecule has 0 atom stereocenters. The van der Waals surface area contributed by atoms with Crippen LogP contribution in [0, 0.1) is 0 Å². The molecule has 2 N–H and O–H groups in total. The summed E-state index contributed by atoms with van der Waals surface area (Å²) in [4.78, 5) is 6.91. The summed E-state index contributed by atoms with van der Waals surface area (Å²) in [7, 11) is 1.73. The fourth-order valence-electron chi connectivity index (χ4n) is 4.07. The molecule has 0 aromatic heterocycles. The van der Waals surface area contributed by atoms with Crippen molar-refractivity contribution in [2.45, 2.75) is 43.9 Å². The van der Waals surface area contributed by atoms with Crippen LogP contribution in [0.2, 0.25) is 0 Å². The highest BCUT2D eigenvalue weighted by molar-refractivity contribution is 5.79. The molecule has 2 fully saturated rings. The van der Waals surface area contributed by atoms with Gasteiger partial charge in [-0.3, -0.25) is 9.89 Å². The molecule has 168 valence electrons. The van der Waals surface area contributed by atoms with E-state index in [1.165, 1.54) is 12.8 Å². The number of ether oxygens (including phenoxy) is 2. The molecule has 1 aromatic carbocycles. The highest BCUT2D eigenvalue weighted by atomic mass is 19.4. The Morgan fingerprint density at radius 3 is 2.40 bits per heavy atom. The molecule has 2 heterocycles. The van der Waals surface area contributed by atoms with Crippen LogP contribution in [-0.2, 0) is 11.3 Å². The van der Waals surface area contributed by atoms with Gasteiger partial charge in [-0.1, -0.05) is 12.1 Å². The number of alkyl halides is 3. The second-order valence-corrected chi connectivity index (χ2v) is 7.86. The molecule has 0 aliphatic carbocycles. The van der Waals surface area contributed by atoms with E-state index >= 15 is 0 Å². The summed E-state index contributed by atoms with van der Waals surface area (Å²) < 4.78 is 47.0. The highest BCUT2D eigenvalue weighted by Crippen LogP contribution is 2.30. The van der Waals surface area contributed by atoms with E-state index in [1.807, 2.05) is 0 Å². The topological polar surface area (TPSA) is 58.1 Å². The normalized spacial score (nSPS) is 20.2. The summed E-state index contributed by atoms with van der Waals surface area (Å²) in [6.45, 7) is 3.87. The van der Waals surface area contributed by atoms with E-state index in [1.54, 1.807) is 31.3 Å². The van der Waals surface area contributed by atoms with Gasteiger partial charge >= 0.3 is 6.18 Å². The maximum atomic E-state index is 12.2. The second-order valence-electron chi connectivity index (χ2n) is 7.86. The lowest BCUT2D eigenvalue weighted by atomic mass is 9.88. The minimum absolute atomic E-state index is 0.101. The molecule has 30 heavy (non-hydrogen) atoms. The van der Waals surface area contributed by atoms with Gasteiger partial charge in [-0.05, 0) is 56.5 Å². The summed E-state index contributed by atoms with van der Waals surface area (Å²) >= 11 is 0. The number of aliphatic imine (C=N–C) groups is 1. The molecule has 0 bridgehead atoms. The van der Waals surface area contributed by atoms with E-state index in [0.717, 1.165) is 51.3 Å². The molecule has 0 spiro atoms. The van der Waals surface area contributed by atoms with Crippen molar-refractivity contribution in [1.29, 1.82) is 0 Å². The van der Waals surface area contributed by atoms with Crippen LogP contribution in [0.3, 0.4) is 0 Å². The zero-order valence-electron chi connectivity index (χ0n) is 17.4. The summed E-state index contributed by atoms with van der Waals surface area (Å²) in [5.74, 6) is 0.906. The van der Waals surface area contributed by atoms with Crippen LogP contribution in [0.5, 0.6) is 5.75 Å². The summed E-state index contributed by atoms with van der Waals surface area (Å²) in [5.41, 5.74) is 1.03. The maximum Gasteiger partial charge on any atom is 0.422 e. The zero-order valence-corrected chi connectivity index (χ0v) is 17.4. The first kappa shape index (κ1) is 22.7. The number of benzene rings is 1. The predicted octanol–water partition coefficient (Wildman–Crippen LogP) is 2.94. The second kappa shape index (κ2) is 10.3. The van der Waals surface area contributed by atoms with Gasteiger partial charge in [0.2, 0.25) is 0 Å². The Morgan fingerprint density at radius 1 is 1.13 bits per heavy atom. The maximum absolute atomic E-state index is 12.2. The summed E-state index contributed by atoms with van der Waals surface area (Å²) in [5, 5.41) is 6.74. The molecule has 2 saturated heterocycles. The minimum Gasteiger partial charge on any atom is -0.484 e. The molecular weight excluding hydrogens is 397 g/mol. The number of hydrogen-bond acceptors (Lipinski definition) is 4. The van der Waals surface area contributed by atoms with Crippen LogP contribution in [0.15, 0.2) is 29.3 Å². The Kier molecular flexibility index (Phi) is 7.82. The van der Waals surface area contributed by atoms with Crippen molar-refractivity contribution in [3.63, 3.8) is 0 Å². The van der Waals surface area contributed by atoms with Crippen molar-refractivity contribution < 1.29 is 22.6 Å². The van der Waals surface area contributed by atoms with Crippen molar-refractivity contribution in [3.05, 3.63) is 29.8 Å². The standard InChI is InChI=1S/C21H31F3N4O2/c1-25-19(26-14-17-4-6-18(7-5-17)30-16-21(22,23)24)27-15-20(8-12-29-13-9-20)28-10-2-3-11-28/h4-7H,2-3,8-16H2,1H3,(H2,25,26,27). The number of likely N-dealkylation sites (tertiary alicyclic amines) is 1. The van der Waals surface area contributed by atoms with Gasteiger partial charge in [0.25, 0.3) is 0 Å². The number of rotatable bonds is 7. The third-order valence-electron chi connectivity index (χ3n) is 5.79. The summed E-state index contributed by atoms with van der Waals surface area (Å²) in [6, 6.07) is 6.58. The molecule has 0 saturated carbocycles. The molecule has 0 amide bonds. The van der Waals surface area contributed by atoms with Gasteiger partial charge in [-0.2, -0.15) is 13.2 Å². The monoisotopic (exact) mass is 428 g/mol. The van der Waals surface area contributed by atoms with Gasteiger partial charge in [-0.25, -0.2) is 0 Å². The minimum atomic E-state index is -4.34. The highest BCUT2D eigenvalue weighted by Gasteiger charge is 2.39. The lowest BCUT2D eigenvalue weighted by Crippen LogP contribution is -2.58. The van der Waals surface area contributed by atoms with E-state index in [9.17, 15) is 13.2 Å². The Labute approximate surface area is 175 Å². The fourth-order valence-corrected chi connectivity index (χ4v) is 4.07. The summed E-state index contributed by atoms with van der Waals surface area (Å²) in [6.07, 6.45) is 0.179. The van der Waals surface area contributed by atoms with E-state index in [4.69, 9.17) is 9.47 Å². The molecular formula is C21H31F3N4O2. The van der Waals surface area contributed by atoms with E-state index < -0.39 is 12.8 Å². The Hall–Kier alpha value is -2.00. The predicted molar refractivity (Wildman–Crippen MR) is 110 cm³/mol. The van der Waals surface area contributed by atoms with Gasteiger partial charge in [0.1, 0.15) is 5.75 Å². The molecule has 9 heteroatoms. The van der Waals surface area contributed by atoms with Crippen LogP contribution < -0.4 is 15.4 Å². The first-order chi connectivity index (χ1) is 14.4. The number of hydrogen-bond donors (Lipinski definition) is 2. The number of guanidine groups is 1. The van der Waals surface area contributed by atoms with Crippen molar-refractivity contribution in [2.24, 2.45) is 4.99 Å². The van der Waals surface area contributed by atoms with Crippen LogP contribution >= 0.6 is 0 Å². The first-order valence-electron chi connectivity index (χ1n) is 10.5. The Balaban J connectivity index is 1.49. The average molecular weight is 428 g/mol. The zero-order chi connectivity index (χ0) is 21.5. The third-order valence-corrected chi connectivity index (χ3v) is 5.79. The largest absolute Gasteiger partial charge is 0.484 e. The number of halogens is 3. The number of nitrogens with one attached hydrogen (secondary N) is 2. The van der Waals surface area contributed by atoms with Gasteiger partial charge in [0, 0.05) is 38.9 Å². The van der Waals surface area contributed by atoms with Gasteiger partial charge < -0.3 is 20.1 Å². The van der Waals surface area contributed by atoms with Crippen molar-refractivity contribution in [3.8, 4) is 5.75 Å². The first-order valence-corrected chi connectivity index (χ1v) is 10.5. The molecule has 2 aliphatic rings. The molecule has 0 unspecified atom stereocenters. The van der Waals surface area contributed by atoms with Crippen molar-refractivity contribution >= 4 is 5.96 Å². The third kappa shape index (κ3) is 6.50. The Morgan fingerprint density at radius 2 is 1.80 bits per heavy atom. The number of nitrogens with zero attached hydrogens (tertiary/aromatic N) is 2. The molecule has 0 radical (unpaired) electrons. The molecule has 1 aromatic rings. The smallest absolute Gasteiger partial charge is 0.422 e. The van der Waals surface area contributed by atoms with Crippen molar-refractivity contribution in [2.75, 3.05) is 46.5 Å². The van der Waals surface area contributed by atoms with Gasteiger partial charge in [0.05, 0.1) is 0 Å².